The Balaban J connectivity index is 2.11. The van der Waals surface area contributed by atoms with E-state index in [-0.39, 0.29) is 5.82 Å². The van der Waals surface area contributed by atoms with Gasteiger partial charge in [-0.25, -0.2) is 4.39 Å². The number of rotatable bonds is 2. The zero-order valence-corrected chi connectivity index (χ0v) is 12.6. The molecule has 1 fully saturated rings. The number of likely N-dealkylation sites (tertiary alicyclic amines) is 1. The molecule has 1 atom stereocenters. The molecule has 1 unspecified atom stereocenters. The van der Waals surface area contributed by atoms with Gasteiger partial charge in [0.1, 0.15) is 5.82 Å². The zero-order valence-electron chi connectivity index (χ0n) is 10.4. The van der Waals surface area contributed by atoms with E-state index in [1.54, 1.807) is 12.1 Å². The lowest BCUT2D eigenvalue weighted by molar-refractivity contribution is 0.211. The van der Waals surface area contributed by atoms with Gasteiger partial charge in [0.2, 0.25) is 0 Å². The van der Waals surface area contributed by atoms with Gasteiger partial charge in [0.15, 0.2) is 0 Å². The van der Waals surface area contributed by atoms with Crippen LogP contribution in [0.15, 0.2) is 18.2 Å². The van der Waals surface area contributed by atoms with Crippen molar-refractivity contribution in [1.82, 2.24) is 4.90 Å². The summed E-state index contributed by atoms with van der Waals surface area (Å²) in [7, 11) is 0. The van der Waals surface area contributed by atoms with Gasteiger partial charge < -0.3 is 0 Å². The van der Waals surface area contributed by atoms with Gasteiger partial charge in [0.25, 0.3) is 0 Å². The van der Waals surface area contributed by atoms with Gasteiger partial charge in [0, 0.05) is 0 Å². The molecule has 1 aromatic carbocycles. The predicted octanol–water partition coefficient (Wildman–Crippen LogP) is 4.09. The van der Waals surface area contributed by atoms with Crippen LogP contribution in [0.3, 0.4) is 0 Å². The molecular formula is C14H19FIN. The summed E-state index contributed by atoms with van der Waals surface area (Å²) in [5, 5.41) is 0. The van der Waals surface area contributed by atoms with Crippen molar-refractivity contribution in [2.75, 3.05) is 13.1 Å². The standard InChI is InChI=1S/C14H19FIN/c1-10-4-3-5-13(15)14(10)12-6-8-17(9-7-12)11(2)16/h3-5,11-12H,6-9H2,1-2H3. The lowest BCUT2D eigenvalue weighted by Gasteiger charge is -2.34. The average Bonchev–Trinajstić information content (AvgIpc) is 2.29. The van der Waals surface area contributed by atoms with Crippen molar-refractivity contribution in [3.63, 3.8) is 0 Å². The zero-order chi connectivity index (χ0) is 12.4. The Kier molecular flexibility index (Phi) is 4.42. The molecule has 94 valence electrons. The van der Waals surface area contributed by atoms with Crippen LogP contribution >= 0.6 is 22.6 Å². The monoisotopic (exact) mass is 347 g/mol. The Hall–Kier alpha value is -0.160. The van der Waals surface area contributed by atoms with E-state index in [0.29, 0.717) is 9.97 Å². The van der Waals surface area contributed by atoms with Gasteiger partial charge in [-0.2, -0.15) is 0 Å². The Labute approximate surface area is 117 Å². The van der Waals surface area contributed by atoms with E-state index in [1.807, 2.05) is 13.0 Å². The molecular weight excluding hydrogens is 328 g/mol. The molecule has 2 rings (SSSR count). The number of halogens is 2. The van der Waals surface area contributed by atoms with Gasteiger partial charge in [-0.15, -0.1) is 0 Å². The fraction of sp³-hybridized carbons (Fsp3) is 0.571. The number of hydrogen-bond acceptors (Lipinski definition) is 1. The first-order chi connectivity index (χ1) is 8.09. The minimum atomic E-state index is -0.0222. The first-order valence-corrected chi connectivity index (χ1v) is 7.47. The summed E-state index contributed by atoms with van der Waals surface area (Å²) in [6.45, 7) is 6.41. The maximum Gasteiger partial charge on any atom is 0.126 e. The summed E-state index contributed by atoms with van der Waals surface area (Å²) in [6, 6.07) is 5.41. The van der Waals surface area contributed by atoms with Crippen LogP contribution in [0.1, 0.15) is 36.8 Å². The summed E-state index contributed by atoms with van der Waals surface area (Å²) >= 11 is 2.45. The van der Waals surface area contributed by atoms with Crippen LogP contribution in [0.4, 0.5) is 4.39 Å². The SMILES string of the molecule is Cc1cccc(F)c1C1CCN(C(C)I)CC1. The molecule has 0 saturated carbocycles. The third-order valence-electron chi connectivity index (χ3n) is 3.71. The van der Waals surface area contributed by atoms with Crippen molar-refractivity contribution < 1.29 is 4.39 Å². The van der Waals surface area contributed by atoms with Gasteiger partial charge in [0.05, 0.1) is 4.05 Å². The molecule has 0 bridgehead atoms. The normalized spacial score (nSPS) is 20.5. The molecule has 1 nitrogen and oxygen atoms in total. The van der Waals surface area contributed by atoms with Crippen molar-refractivity contribution in [2.24, 2.45) is 0 Å². The van der Waals surface area contributed by atoms with E-state index >= 15 is 0 Å². The van der Waals surface area contributed by atoms with Crippen LogP contribution < -0.4 is 0 Å². The fourth-order valence-corrected chi connectivity index (χ4v) is 3.26. The molecule has 1 heterocycles. The highest BCUT2D eigenvalue weighted by molar-refractivity contribution is 14.1. The summed E-state index contributed by atoms with van der Waals surface area (Å²) < 4.78 is 14.5. The highest BCUT2D eigenvalue weighted by Gasteiger charge is 2.25. The molecule has 0 amide bonds. The topological polar surface area (TPSA) is 3.24 Å². The molecule has 1 aromatic rings. The molecule has 0 radical (unpaired) electrons. The quantitative estimate of drug-likeness (QED) is 0.442. The summed E-state index contributed by atoms with van der Waals surface area (Å²) in [5.74, 6) is 0.383. The Bertz CT molecular complexity index is 364. The molecule has 0 aromatic heterocycles. The molecule has 0 spiro atoms. The third-order valence-corrected chi connectivity index (χ3v) is 4.50. The molecule has 3 heteroatoms. The van der Waals surface area contributed by atoms with E-state index in [2.05, 4.69) is 34.4 Å². The number of aryl methyl sites for hydroxylation is 1. The van der Waals surface area contributed by atoms with E-state index in [0.717, 1.165) is 37.1 Å². The van der Waals surface area contributed by atoms with Crippen molar-refractivity contribution in [3.05, 3.63) is 35.1 Å². The predicted molar refractivity (Wildman–Crippen MR) is 78.2 cm³/mol. The maximum atomic E-state index is 13.9. The molecule has 1 aliphatic heterocycles. The smallest absolute Gasteiger partial charge is 0.126 e. The number of alkyl halides is 1. The summed E-state index contributed by atoms with van der Waals surface area (Å²) in [4.78, 5) is 2.47. The Morgan fingerprint density at radius 1 is 1.35 bits per heavy atom. The first-order valence-electron chi connectivity index (χ1n) is 6.22. The Morgan fingerprint density at radius 3 is 2.53 bits per heavy atom. The summed E-state index contributed by atoms with van der Waals surface area (Å²) in [5.41, 5.74) is 2.05. The second kappa shape index (κ2) is 5.65. The van der Waals surface area contributed by atoms with Gasteiger partial charge >= 0.3 is 0 Å². The van der Waals surface area contributed by atoms with E-state index in [9.17, 15) is 4.39 Å². The number of hydrogen-bond donors (Lipinski definition) is 0. The minimum absolute atomic E-state index is 0.0222. The van der Waals surface area contributed by atoms with Crippen LogP contribution in [0.5, 0.6) is 0 Å². The highest BCUT2D eigenvalue weighted by atomic mass is 127. The van der Waals surface area contributed by atoms with Crippen molar-refractivity contribution in [1.29, 1.82) is 0 Å². The van der Waals surface area contributed by atoms with Gasteiger partial charge in [-0.1, -0.05) is 34.7 Å². The van der Waals surface area contributed by atoms with Crippen LogP contribution in [-0.2, 0) is 0 Å². The van der Waals surface area contributed by atoms with Crippen molar-refractivity contribution in [3.8, 4) is 0 Å². The lowest BCUT2D eigenvalue weighted by atomic mass is 9.86. The third kappa shape index (κ3) is 2.99. The highest BCUT2D eigenvalue weighted by Crippen LogP contribution is 2.33. The van der Waals surface area contributed by atoms with Crippen molar-refractivity contribution in [2.45, 2.75) is 36.7 Å². The lowest BCUT2D eigenvalue weighted by Crippen LogP contribution is -2.36. The molecule has 1 aliphatic rings. The van der Waals surface area contributed by atoms with Crippen LogP contribution in [0.25, 0.3) is 0 Å². The average molecular weight is 347 g/mol. The van der Waals surface area contributed by atoms with Gasteiger partial charge in [-0.05, 0) is 62.9 Å². The van der Waals surface area contributed by atoms with E-state index < -0.39 is 0 Å². The van der Waals surface area contributed by atoms with Gasteiger partial charge in [-0.3, -0.25) is 4.90 Å². The van der Waals surface area contributed by atoms with E-state index in [4.69, 9.17) is 0 Å². The first kappa shape index (κ1) is 13.3. The summed E-state index contributed by atoms with van der Waals surface area (Å²) in [6.07, 6.45) is 2.16. The van der Waals surface area contributed by atoms with Crippen LogP contribution in [-0.4, -0.2) is 22.0 Å². The minimum Gasteiger partial charge on any atom is -0.292 e. The molecule has 1 saturated heterocycles. The molecule has 0 aliphatic carbocycles. The van der Waals surface area contributed by atoms with Crippen molar-refractivity contribution >= 4 is 22.6 Å². The second-order valence-electron chi connectivity index (χ2n) is 4.85. The number of nitrogens with zero attached hydrogens (tertiary/aromatic N) is 1. The second-order valence-corrected chi connectivity index (χ2v) is 6.66. The molecule has 0 N–H and O–H groups in total. The van der Waals surface area contributed by atoms with Crippen LogP contribution in [0.2, 0.25) is 0 Å². The molecule has 17 heavy (non-hydrogen) atoms. The number of benzene rings is 1. The van der Waals surface area contributed by atoms with Crippen LogP contribution in [0, 0.1) is 12.7 Å². The largest absolute Gasteiger partial charge is 0.292 e. The number of piperidine rings is 1. The van der Waals surface area contributed by atoms with E-state index in [1.165, 1.54) is 0 Å². The fourth-order valence-electron chi connectivity index (χ4n) is 2.71. The maximum absolute atomic E-state index is 13.9. The Morgan fingerprint density at radius 2 is 2.00 bits per heavy atom.